The molecule has 76 valence electrons. The van der Waals surface area contributed by atoms with Crippen molar-refractivity contribution in [3.8, 4) is 0 Å². The Bertz CT molecular complexity index is 297. The van der Waals surface area contributed by atoms with Crippen LogP contribution in [0.5, 0.6) is 0 Å². The van der Waals surface area contributed by atoms with E-state index in [0.717, 1.165) is 31.9 Å². The van der Waals surface area contributed by atoms with E-state index in [4.69, 9.17) is 10.5 Å². The highest BCUT2D eigenvalue weighted by Gasteiger charge is 2.14. The summed E-state index contributed by atoms with van der Waals surface area (Å²) in [4.78, 5) is 4.01. The molecule has 4 nitrogen and oxygen atoms in total. The lowest BCUT2D eigenvalue weighted by atomic mass is 10.1. The van der Waals surface area contributed by atoms with Gasteiger partial charge in [-0.25, -0.2) is 0 Å². The molecule has 1 fully saturated rings. The number of anilines is 2. The van der Waals surface area contributed by atoms with Crippen molar-refractivity contribution in [1.29, 1.82) is 0 Å². The average Bonchev–Trinajstić information content (AvgIpc) is 2.67. The summed E-state index contributed by atoms with van der Waals surface area (Å²) in [6.45, 7) is 2.69. The van der Waals surface area contributed by atoms with Gasteiger partial charge < -0.3 is 15.8 Å². The number of hydrogen-bond donors (Lipinski definition) is 2. The van der Waals surface area contributed by atoms with Gasteiger partial charge in [-0.05, 0) is 12.5 Å². The van der Waals surface area contributed by atoms with Crippen molar-refractivity contribution in [2.45, 2.75) is 6.42 Å². The van der Waals surface area contributed by atoms with Crippen molar-refractivity contribution in [3.63, 3.8) is 0 Å². The van der Waals surface area contributed by atoms with E-state index in [9.17, 15) is 0 Å². The van der Waals surface area contributed by atoms with Crippen LogP contribution in [0, 0.1) is 5.92 Å². The molecule has 0 amide bonds. The third kappa shape index (κ3) is 2.35. The summed E-state index contributed by atoms with van der Waals surface area (Å²) in [7, 11) is 0. The maximum atomic E-state index is 5.62. The quantitative estimate of drug-likeness (QED) is 0.755. The van der Waals surface area contributed by atoms with Crippen molar-refractivity contribution < 1.29 is 4.74 Å². The van der Waals surface area contributed by atoms with E-state index in [1.54, 1.807) is 12.4 Å². The van der Waals surface area contributed by atoms with Crippen molar-refractivity contribution in [2.75, 3.05) is 30.8 Å². The smallest absolute Gasteiger partial charge is 0.0547 e. The lowest BCUT2D eigenvalue weighted by Crippen LogP contribution is -2.14. The summed E-state index contributed by atoms with van der Waals surface area (Å²) in [5.74, 6) is 0.622. The number of nitrogens with zero attached hydrogens (tertiary/aromatic N) is 1. The lowest BCUT2D eigenvalue weighted by molar-refractivity contribution is 0.187. The van der Waals surface area contributed by atoms with Crippen LogP contribution in [0.3, 0.4) is 0 Å². The third-order valence-electron chi connectivity index (χ3n) is 2.38. The van der Waals surface area contributed by atoms with Gasteiger partial charge >= 0.3 is 0 Å². The first-order valence-electron chi connectivity index (χ1n) is 4.87. The van der Waals surface area contributed by atoms with E-state index in [1.807, 2.05) is 6.07 Å². The molecular weight excluding hydrogens is 178 g/mol. The molecule has 1 unspecified atom stereocenters. The van der Waals surface area contributed by atoms with E-state index < -0.39 is 0 Å². The minimum atomic E-state index is 0.622. The molecule has 1 aromatic rings. The van der Waals surface area contributed by atoms with Gasteiger partial charge in [-0.2, -0.15) is 0 Å². The van der Waals surface area contributed by atoms with Crippen LogP contribution in [-0.4, -0.2) is 24.7 Å². The fraction of sp³-hybridized carbons (Fsp3) is 0.500. The molecule has 0 saturated carbocycles. The van der Waals surface area contributed by atoms with E-state index in [-0.39, 0.29) is 0 Å². The van der Waals surface area contributed by atoms with Gasteiger partial charge in [-0.1, -0.05) is 0 Å². The SMILES string of the molecule is Nc1cncc(NCC2CCOC2)c1. The Balaban J connectivity index is 1.85. The van der Waals surface area contributed by atoms with Crippen LogP contribution in [0.15, 0.2) is 18.5 Å². The largest absolute Gasteiger partial charge is 0.397 e. The highest BCUT2D eigenvalue weighted by atomic mass is 16.5. The molecule has 4 heteroatoms. The zero-order valence-electron chi connectivity index (χ0n) is 8.07. The molecule has 3 N–H and O–H groups in total. The molecule has 0 bridgehead atoms. The Hall–Kier alpha value is -1.29. The molecule has 2 heterocycles. The average molecular weight is 193 g/mol. The Labute approximate surface area is 83.5 Å². The lowest BCUT2D eigenvalue weighted by Gasteiger charge is -2.10. The topological polar surface area (TPSA) is 60.2 Å². The minimum Gasteiger partial charge on any atom is -0.397 e. The Morgan fingerprint density at radius 3 is 3.21 bits per heavy atom. The van der Waals surface area contributed by atoms with Crippen LogP contribution in [0.2, 0.25) is 0 Å². The standard InChI is InChI=1S/C10H15N3O/c11-9-3-10(6-12-5-9)13-4-8-1-2-14-7-8/h3,5-6,8,13H,1-2,4,7,11H2. The van der Waals surface area contributed by atoms with Gasteiger partial charge in [-0.15, -0.1) is 0 Å². The Morgan fingerprint density at radius 1 is 1.57 bits per heavy atom. The van der Waals surface area contributed by atoms with E-state index in [2.05, 4.69) is 10.3 Å². The molecule has 1 aromatic heterocycles. The molecule has 1 aliphatic heterocycles. The monoisotopic (exact) mass is 193 g/mol. The summed E-state index contributed by atoms with van der Waals surface area (Å²) in [5.41, 5.74) is 7.29. The predicted octanol–water partition coefficient (Wildman–Crippen LogP) is 1.11. The number of hydrogen-bond acceptors (Lipinski definition) is 4. The maximum Gasteiger partial charge on any atom is 0.0547 e. The van der Waals surface area contributed by atoms with Gasteiger partial charge in [0.1, 0.15) is 0 Å². The minimum absolute atomic E-state index is 0.622. The molecule has 0 aliphatic carbocycles. The molecule has 1 atom stereocenters. The fourth-order valence-electron chi connectivity index (χ4n) is 1.56. The molecule has 1 saturated heterocycles. The molecule has 0 spiro atoms. The molecular formula is C10H15N3O. The van der Waals surface area contributed by atoms with Gasteiger partial charge in [0.2, 0.25) is 0 Å². The molecule has 1 aliphatic rings. The van der Waals surface area contributed by atoms with E-state index >= 15 is 0 Å². The molecule has 0 aromatic carbocycles. The molecule has 0 radical (unpaired) electrons. The third-order valence-corrected chi connectivity index (χ3v) is 2.38. The van der Waals surface area contributed by atoms with Gasteiger partial charge in [0, 0.05) is 25.3 Å². The Morgan fingerprint density at radius 2 is 2.50 bits per heavy atom. The summed E-state index contributed by atoms with van der Waals surface area (Å²) in [6.07, 6.45) is 4.57. The number of nitrogens with two attached hydrogens (primary N) is 1. The van der Waals surface area contributed by atoms with Crippen molar-refractivity contribution >= 4 is 11.4 Å². The van der Waals surface area contributed by atoms with Gasteiger partial charge in [0.05, 0.1) is 24.2 Å². The number of rotatable bonds is 3. The van der Waals surface area contributed by atoms with Gasteiger partial charge in [0.25, 0.3) is 0 Å². The maximum absolute atomic E-state index is 5.62. The first-order chi connectivity index (χ1) is 6.84. The summed E-state index contributed by atoms with van der Waals surface area (Å²) < 4.78 is 5.29. The number of aromatic nitrogens is 1. The van der Waals surface area contributed by atoms with Gasteiger partial charge in [0.15, 0.2) is 0 Å². The first-order valence-corrected chi connectivity index (χ1v) is 4.87. The number of ether oxygens (including phenoxy) is 1. The highest BCUT2D eigenvalue weighted by molar-refractivity contribution is 5.51. The second-order valence-corrected chi connectivity index (χ2v) is 3.62. The fourth-order valence-corrected chi connectivity index (χ4v) is 1.56. The van der Waals surface area contributed by atoms with Crippen LogP contribution in [0.1, 0.15) is 6.42 Å². The summed E-state index contributed by atoms with van der Waals surface area (Å²) in [5, 5.41) is 3.30. The molecule has 14 heavy (non-hydrogen) atoms. The van der Waals surface area contributed by atoms with Crippen LogP contribution < -0.4 is 11.1 Å². The Kier molecular flexibility index (Phi) is 2.84. The zero-order chi connectivity index (χ0) is 9.80. The predicted molar refractivity (Wildman–Crippen MR) is 56.1 cm³/mol. The summed E-state index contributed by atoms with van der Waals surface area (Å²) >= 11 is 0. The van der Waals surface area contributed by atoms with Crippen molar-refractivity contribution in [3.05, 3.63) is 18.5 Å². The number of nitrogens with one attached hydrogen (secondary N) is 1. The van der Waals surface area contributed by atoms with Crippen LogP contribution in [0.25, 0.3) is 0 Å². The normalized spacial score (nSPS) is 21.0. The van der Waals surface area contributed by atoms with Crippen LogP contribution in [0.4, 0.5) is 11.4 Å². The van der Waals surface area contributed by atoms with Gasteiger partial charge in [-0.3, -0.25) is 4.98 Å². The van der Waals surface area contributed by atoms with Crippen LogP contribution in [-0.2, 0) is 4.74 Å². The van der Waals surface area contributed by atoms with E-state index in [0.29, 0.717) is 11.6 Å². The number of nitrogen functional groups attached to an aromatic ring is 1. The molecule has 2 rings (SSSR count). The van der Waals surface area contributed by atoms with Crippen molar-refractivity contribution in [2.24, 2.45) is 5.92 Å². The number of pyridine rings is 1. The van der Waals surface area contributed by atoms with Crippen LogP contribution >= 0.6 is 0 Å². The zero-order valence-corrected chi connectivity index (χ0v) is 8.07. The summed E-state index contributed by atoms with van der Waals surface area (Å²) in [6, 6.07) is 1.89. The second kappa shape index (κ2) is 4.28. The van der Waals surface area contributed by atoms with E-state index in [1.165, 1.54) is 0 Å². The highest BCUT2D eigenvalue weighted by Crippen LogP contribution is 2.14. The second-order valence-electron chi connectivity index (χ2n) is 3.62. The first kappa shape index (κ1) is 9.27. The van der Waals surface area contributed by atoms with Crippen molar-refractivity contribution in [1.82, 2.24) is 4.98 Å².